The van der Waals surface area contributed by atoms with Gasteiger partial charge in [-0.2, -0.15) is 0 Å². The number of hydrogen-bond donors (Lipinski definition) is 2. The largest absolute Gasteiger partial charge is 0.383 e. The molecule has 2 rings (SSSR count). The van der Waals surface area contributed by atoms with Gasteiger partial charge in [0.1, 0.15) is 5.65 Å². The Hall–Kier alpha value is -1.94. The third-order valence-electron chi connectivity index (χ3n) is 3.63. The molecule has 0 aliphatic carbocycles. The topological polar surface area (TPSA) is 107 Å². The number of pyridine rings is 1. The number of hydrogen-bond acceptors (Lipinski definition) is 6. The van der Waals surface area contributed by atoms with E-state index >= 15 is 0 Å². The Labute approximate surface area is 162 Å². The molecule has 146 valence electrons. The molecule has 26 heavy (non-hydrogen) atoms. The van der Waals surface area contributed by atoms with Gasteiger partial charge < -0.3 is 15.4 Å². The summed E-state index contributed by atoms with van der Waals surface area (Å²) in [5.74, 6) is -0.325. The van der Waals surface area contributed by atoms with Crippen molar-refractivity contribution in [2.24, 2.45) is 14.1 Å². The summed E-state index contributed by atoms with van der Waals surface area (Å²) in [5, 5.41) is 6.07. The van der Waals surface area contributed by atoms with Crippen molar-refractivity contribution in [2.45, 2.75) is 0 Å². The van der Waals surface area contributed by atoms with Gasteiger partial charge in [-0.25, -0.2) is 9.78 Å². The highest BCUT2D eigenvalue weighted by Crippen LogP contribution is 2.07. The van der Waals surface area contributed by atoms with Crippen LogP contribution in [-0.2, 0) is 18.8 Å². The highest BCUT2D eigenvalue weighted by atomic mass is 35.5. The number of carbonyl (C=O) groups excluding carboxylic acids is 1. The molecule has 0 radical (unpaired) electrons. The van der Waals surface area contributed by atoms with E-state index in [1.807, 2.05) is 0 Å². The summed E-state index contributed by atoms with van der Waals surface area (Å²) in [6, 6.07) is 1.46. The highest BCUT2D eigenvalue weighted by molar-refractivity contribution is 5.96. The fraction of sp³-hybridized carbons (Fsp3) is 0.467. The van der Waals surface area contributed by atoms with Gasteiger partial charge in [-0.3, -0.25) is 18.7 Å². The molecule has 0 atom stereocenters. The molecule has 0 spiro atoms. The van der Waals surface area contributed by atoms with Gasteiger partial charge in [0.2, 0.25) is 0 Å². The molecule has 0 bridgehead atoms. The summed E-state index contributed by atoms with van der Waals surface area (Å²) >= 11 is 0. The normalized spacial score (nSPS) is 10.1. The van der Waals surface area contributed by atoms with E-state index in [9.17, 15) is 14.4 Å². The molecule has 2 heterocycles. The highest BCUT2D eigenvalue weighted by Gasteiger charge is 2.13. The van der Waals surface area contributed by atoms with Crippen LogP contribution in [0.4, 0.5) is 0 Å². The molecule has 2 N–H and O–H groups in total. The van der Waals surface area contributed by atoms with E-state index in [1.54, 1.807) is 7.11 Å². The average Bonchev–Trinajstić information content (AvgIpc) is 2.60. The number of rotatable bonds is 7. The second kappa shape index (κ2) is 10.9. The second-order valence-corrected chi connectivity index (χ2v) is 5.30. The molecule has 1 amide bonds. The zero-order valence-electron chi connectivity index (χ0n) is 14.8. The molecule has 0 saturated heterocycles. The number of aromatic nitrogens is 3. The maximum absolute atomic E-state index is 12.2. The van der Waals surface area contributed by atoms with E-state index in [4.69, 9.17) is 4.74 Å². The van der Waals surface area contributed by atoms with Gasteiger partial charge in [0.05, 0.1) is 17.6 Å². The zero-order valence-corrected chi connectivity index (χ0v) is 16.4. The van der Waals surface area contributed by atoms with E-state index in [-0.39, 0.29) is 47.3 Å². The Balaban J connectivity index is 0.00000312. The third-order valence-corrected chi connectivity index (χ3v) is 3.63. The standard InChI is InChI=1S/C15H21N5O4.2ClH/c1-19-12-11(14(22)20(2)15(19)23)8-10(9-18-12)13(21)17-5-4-16-6-7-24-3;;/h8-9,16H,4-7H2,1-3H3,(H,17,21);2*1H. The first-order chi connectivity index (χ1) is 11.5. The van der Waals surface area contributed by atoms with Crippen LogP contribution < -0.4 is 21.9 Å². The molecule has 0 aromatic carbocycles. The van der Waals surface area contributed by atoms with Gasteiger partial charge >= 0.3 is 5.69 Å². The van der Waals surface area contributed by atoms with Crippen LogP contribution in [0.5, 0.6) is 0 Å². The molecule has 2 aromatic rings. The van der Waals surface area contributed by atoms with Gasteiger partial charge in [0, 0.05) is 47.0 Å². The molecule has 0 aliphatic heterocycles. The van der Waals surface area contributed by atoms with Gasteiger partial charge in [-0.15, -0.1) is 24.8 Å². The number of nitrogens with one attached hydrogen (secondary N) is 2. The minimum Gasteiger partial charge on any atom is -0.383 e. The van der Waals surface area contributed by atoms with Gasteiger partial charge in [-0.1, -0.05) is 0 Å². The summed E-state index contributed by atoms with van der Waals surface area (Å²) in [7, 11) is 4.54. The van der Waals surface area contributed by atoms with Gasteiger partial charge in [-0.05, 0) is 6.07 Å². The summed E-state index contributed by atoms with van der Waals surface area (Å²) in [6.07, 6.45) is 1.36. The lowest BCUT2D eigenvalue weighted by Gasteiger charge is -2.09. The van der Waals surface area contributed by atoms with Crippen molar-refractivity contribution in [1.82, 2.24) is 24.8 Å². The van der Waals surface area contributed by atoms with Crippen molar-refractivity contribution >= 4 is 41.8 Å². The molecular weight excluding hydrogens is 385 g/mol. The van der Waals surface area contributed by atoms with Gasteiger partial charge in [0.25, 0.3) is 11.5 Å². The summed E-state index contributed by atoms with van der Waals surface area (Å²) in [4.78, 5) is 40.3. The second-order valence-electron chi connectivity index (χ2n) is 5.30. The zero-order chi connectivity index (χ0) is 17.7. The molecule has 0 aliphatic rings. The number of amides is 1. The summed E-state index contributed by atoms with van der Waals surface area (Å²) in [6.45, 7) is 2.34. The SMILES string of the molecule is COCCNCCNC(=O)c1cnc2c(c1)c(=O)n(C)c(=O)n2C.Cl.Cl. The van der Waals surface area contributed by atoms with Crippen LogP contribution in [0.25, 0.3) is 11.0 Å². The Morgan fingerprint density at radius 1 is 1.15 bits per heavy atom. The Morgan fingerprint density at radius 2 is 1.85 bits per heavy atom. The number of carbonyl (C=O) groups is 1. The fourth-order valence-corrected chi connectivity index (χ4v) is 2.26. The molecule has 0 unspecified atom stereocenters. The van der Waals surface area contributed by atoms with Crippen LogP contribution in [0.1, 0.15) is 10.4 Å². The number of nitrogens with zero attached hydrogens (tertiary/aromatic N) is 3. The lowest BCUT2D eigenvalue weighted by atomic mass is 10.2. The van der Waals surface area contributed by atoms with Crippen molar-refractivity contribution in [3.8, 4) is 0 Å². The van der Waals surface area contributed by atoms with E-state index < -0.39 is 11.2 Å². The monoisotopic (exact) mass is 407 g/mol. The third kappa shape index (κ3) is 5.28. The van der Waals surface area contributed by atoms with Crippen LogP contribution in [0.15, 0.2) is 21.9 Å². The van der Waals surface area contributed by atoms with Crippen LogP contribution in [0, 0.1) is 0 Å². The van der Waals surface area contributed by atoms with Gasteiger partial charge in [0.15, 0.2) is 0 Å². The lowest BCUT2D eigenvalue weighted by molar-refractivity contribution is 0.0953. The molecule has 2 aromatic heterocycles. The van der Waals surface area contributed by atoms with Crippen LogP contribution in [0.2, 0.25) is 0 Å². The van der Waals surface area contributed by atoms with Crippen molar-refractivity contribution < 1.29 is 9.53 Å². The number of aryl methyl sites for hydroxylation is 1. The first-order valence-corrected chi connectivity index (χ1v) is 7.51. The molecular formula is C15H23Cl2N5O4. The Kier molecular flexibility index (Phi) is 10.1. The minimum absolute atomic E-state index is 0. The van der Waals surface area contributed by atoms with Crippen molar-refractivity contribution in [3.63, 3.8) is 0 Å². The van der Waals surface area contributed by atoms with Crippen molar-refractivity contribution in [1.29, 1.82) is 0 Å². The number of halogens is 2. The van der Waals surface area contributed by atoms with E-state index in [2.05, 4.69) is 15.6 Å². The van der Waals surface area contributed by atoms with E-state index in [1.165, 1.54) is 30.9 Å². The minimum atomic E-state index is -0.475. The van der Waals surface area contributed by atoms with Crippen LogP contribution in [-0.4, -0.2) is 53.4 Å². The molecule has 0 fully saturated rings. The maximum atomic E-state index is 12.2. The quantitative estimate of drug-likeness (QED) is 0.595. The van der Waals surface area contributed by atoms with Crippen LogP contribution >= 0.6 is 24.8 Å². The molecule has 9 nitrogen and oxygen atoms in total. The van der Waals surface area contributed by atoms with Crippen LogP contribution in [0.3, 0.4) is 0 Å². The molecule has 0 saturated carbocycles. The maximum Gasteiger partial charge on any atom is 0.332 e. The summed E-state index contributed by atoms with van der Waals surface area (Å²) in [5.41, 5.74) is -0.410. The smallest absolute Gasteiger partial charge is 0.332 e. The predicted octanol–water partition coefficient (Wildman–Crippen LogP) is -0.558. The summed E-state index contributed by atoms with van der Waals surface area (Å²) < 4.78 is 7.17. The lowest BCUT2D eigenvalue weighted by Crippen LogP contribution is -2.37. The average molecular weight is 408 g/mol. The molecule has 11 heteroatoms. The number of ether oxygens (including phenoxy) is 1. The van der Waals surface area contributed by atoms with E-state index in [0.717, 1.165) is 4.57 Å². The first kappa shape index (κ1) is 24.1. The fourth-order valence-electron chi connectivity index (χ4n) is 2.26. The van der Waals surface area contributed by atoms with E-state index in [0.29, 0.717) is 26.2 Å². The predicted molar refractivity (Wildman–Crippen MR) is 104 cm³/mol. The number of methoxy groups -OCH3 is 1. The van der Waals surface area contributed by atoms with Crippen molar-refractivity contribution in [2.75, 3.05) is 33.4 Å². The van der Waals surface area contributed by atoms with Crippen molar-refractivity contribution in [3.05, 3.63) is 38.7 Å². The Bertz CT molecular complexity index is 865. The first-order valence-electron chi connectivity index (χ1n) is 7.51. The number of fused-ring (bicyclic) bond motifs is 1. The Morgan fingerprint density at radius 3 is 2.50 bits per heavy atom.